The highest BCUT2D eigenvalue weighted by Crippen LogP contribution is 2.20. The molecule has 0 aliphatic rings. The van der Waals surface area contributed by atoms with E-state index in [1.54, 1.807) is 0 Å². The maximum atomic E-state index is 8.95. The first-order chi connectivity index (χ1) is 7.81. The lowest BCUT2D eigenvalue weighted by Crippen LogP contribution is -2.14. The van der Waals surface area contributed by atoms with Crippen LogP contribution < -0.4 is 5.73 Å². The molecule has 0 aliphatic heterocycles. The Morgan fingerprint density at radius 2 is 1.44 bits per heavy atom. The summed E-state index contributed by atoms with van der Waals surface area (Å²) in [5.41, 5.74) is 9.04. The van der Waals surface area contributed by atoms with Gasteiger partial charge in [0, 0.05) is 0 Å². The molecule has 0 saturated heterocycles. The van der Waals surface area contributed by atoms with Crippen molar-refractivity contribution in [1.82, 2.24) is 0 Å². The second-order valence-corrected chi connectivity index (χ2v) is 3.78. The van der Waals surface area contributed by atoms with Crippen LogP contribution in [-0.2, 0) is 0 Å². The summed E-state index contributed by atoms with van der Waals surface area (Å²) in [6.45, 7) is -0.0231. The lowest BCUT2D eigenvalue weighted by atomic mass is 10.0. The minimum Gasteiger partial charge on any atom is -0.394 e. The quantitative estimate of drug-likeness (QED) is 0.822. The van der Waals surface area contributed by atoms with Gasteiger partial charge in [-0.05, 0) is 16.7 Å². The Labute approximate surface area is 95.4 Å². The van der Waals surface area contributed by atoms with E-state index in [4.69, 9.17) is 10.8 Å². The molecule has 0 spiro atoms. The van der Waals surface area contributed by atoms with E-state index in [0.717, 1.165) is 11.1 Å². The Bertz CT molecular complexity index is 436. The predicted molar refractivity (Wildman–Crippen MR) is 65.9 cm³/mol. The van der Waals surface area contributed by atoms with Crippen LogP contribution in [0.4, 0.5) is 0 Å². The first kappa shape index (κ1) is 10.9. The van der Waals surface area contributed by atoms with Gasteiger partial charge in [0.15, 0.2) is 0 Å². The molecular formula is C14H15NO. The largest absolute Gasteiger partial charge is 0.394 e. The van der Waals surface area contributed by atoms with Crippen LogP contribution in [-0.4, -0.2) is 11.7 Å². The molecule has 0 radical (unpaired) electrons. The fraction of sp³-hybridized carbons (Fsp3) is 0.143. The van der Waals surface area contributed by atoms with Gasteiger partial charge in [-0.25, -0.2) is 0 Å². The van der Waals surface area contributed by atoms with Crippen LogP contribution in [0, 0.1) is 0 Å². The van der Waals surface area contributed by atoms with Crippen molar-refractivity contribution in [3.8, 4) is 11.1 Å². The maximum Gasteiger partial charge on any atom is 0.0624 e. The van der Waals surface area contributed by atoms with Crippen molar-refractivity contribution < 1.29 is 5.11 Å². The molecule has 2 aromatic rings. The summed E-state index contributed by atoms with van der Waals surface area (Å²) in [6.07, 6.45) is 0. The highest BCUT2D eigenvalue weighted by molar-refractivity contribution is 5.63. The van der Waals surface area contributed by atoms with E-state index in [9.17, 15) is 0 Å². The fourth-order valence-electron chi connectivity index (χ4n) is 1.66. The molecule has 2 nitrogen and oxygen atoms in total. The van der Waals surface area contributed by atoms with E-state index in [0.29, 0.717) is 0 Å². The van der Waals surface area contributed by atoms with Gasteiger partial charge in [0.2, 0.25) is 0 Å². The van der Waals surface area contributed by atoms with Gasteiger partial charge in [-0.2, -0.15) is 0 Å². The van der Waals surface area contributed by atoms with Gasteiger partial charge in [0.05, 0.1) is 12.6 Å². The number of benzene rings is 2. The van der Waals surface area contributed by atoms with Crippen molar-refractivity contribution in [2.45, 2.75) is 6.04 Å². The highest BCUT2D eigenvalue weighted by atomic mass is 16.3. The topological polar surface area (TPSA) is 46.2 Å². The monoisotopic (exact) mass is 213 g/mol. The van der Waals surface area contributed by atoms with Crippen LogP contribution in [0.1, 0.15) is 11.6 Å². The molecule has 2 rings (SSSR count). The summed E-state index contributed by atoms with van der Waals surface area (Å²) in [5, 5.41) is 8.95. The van der Waals surface area contributed by atoms with Crippen LogP contribution in [0.15, 0.2) is 54.6 Å². The van der Waals surface area contributed by atoms with E-state index in [-0.39, 0.29) is 12.6 Å². The molecule has 0 aliphatic carbocycles. The highest BCUT2D eigenvalue weighted by Gasteiger charge is 2.03. The molecule has 0 fully saturated rings. The standard InChI is InChI=1S/C14H15NO/c15-14(10-16)13-8-6-12(7-9-13)11-4-2-1-3-5-11/h1-9,14,16H,10,15H2. The Kier molecular flexibility index (Phi) is 3.34. The van der Waals surface area contributed by atoms with Crippen molar-refractivity contribution in [3.63, 3.8) is 0 Å². The third-order valence-corrected chi connectivity index (χ3v) is 2.64. The average Bonchev–Trinajstić information content (AvgIpc) is 2.39. The van der Waals surface area contributed by atoms with Crippen LogP contribution in [0.2, 0.25) is 0 Å². The lowest BCUT2D eigenvalue weighted by Gasteiger charge is -2.09. The van der Waals surface area contributed by atoms with E-state index < -0.39 is 0 Å². The Morgan fingerprint density at radius 3 is 2.00 bits per heavy atom. The number of nitrogens with two attached hydrogens (primary N) is 1. The smallest absolute Gasteiger partial charge is 0.0624 e. The van der Waals surface area contributed by atoms with Crippen LogP contribution in [0.25, 0.3) is 11.1 Å². The molecule has 0 amide bonds. The third-order valence-electron chi connectivity index (χ3n) is 2.64. The molecule has 1 atom stereocenters. The number of hydrogen-bond acceptors (Lipinski definition) is 2. The van der Waals surface area contributed by atoms with Crippen LogP contribution >= 0.6 is 0 Å². The molecule has 0 bridgehead atoms. The Balaban J connectivity index is 2.26. The Morgan fingerprint density at radius 1 is 0.875 bits per heavy atom. The lowest BCUT2D eigenvalue weighted by molar-refractivity contribution is 0.268. The van der Waals surface area contributed by atoms with E-state index in [1.807, 2.05) is 42.5 Å². The summed E-state index contributed by atoms with van der Waals surface area (Å²) in [6, 6.07) is 17.9. The van der Waals surface area contributed by atoms with Crippen LogP contribution in [0.3, 0.4) is 0 Å². The Hall–Kier alpha value is -1.64. The molecule has 1 unspecified atom stereocenters. The van der Waals surface area contributed by atoms with E-state index >= 15 is 0 Å². The molecule has 2 aromatic carbocycles. The minimum atomic E-state index is -0.287. The molecule has 0 aromatic heterocycles. The van der Waals surface area contributed by atoms with E-state index in [2.05, 4.69) is 12.1 Å². The molecule has 3 N–H and O–H groups in total. The van der Waals surface area contributed by atoms with E-state index in [1.165, 1.54) is 5.56 Å². The summed E-state index contributed by atoms with van der Waals surface area (Å²) < 4.78 is 0. The molecule has 2 heteroatoms. The number of rotatable bonds is 3. The number of aliphatic hydroxyl groups excluding tert-OH is 1. The number of aliphatic hydroxyl groups is 1. The predicted octanol–water partition coefficient (Wildman–Crippen LogP) is 2.35. The van der Waals surface area contributed by atoms with Gasteiger partial charge in [0.25, 0.3) is 0 Å². The average molecular weight is 213 g/mol. The maximum absolute atomic E-state index is 8.95. The zero-order chi connectivity index (χ0) is 11.4. The zero-order valence-corrected chi connectivity index (χ0v) is 9.01. The van der Waals surface area contributed by atoms with Crippen molar-refractivity contribution in [2.75, 3.05) is 6.61 Å². The SMILES string of the molecule is NC(CO)c1ccc(-c2ccccc2)cc1. The van der Waals surface area contributed by atoms with Crippen molar-refractivity contribution in [3.05, 3.63) is 60.2 Å². The molecular weight excluding hydrogens is 198 g/mol. The summed E-state index contributed by atoms with van der Waals surface area (Å²) >= 11 is 0. The minimum absolute atomic E-state index is 0.0231. The fourth-order valence-corrected chi connectivity index (χ4v) is 1.66. The summed E-state index contributed by atoms with van der Waals surface area (Å²) in [7, 11) is 0. The summed E-state index contributed by atoms with van der Waals surface area (Å²) in [4.78, 5) is 0. The normalized spacial score (nSPS) is 12.4. The van der Waals surface area contributed by atoms with Crippen molar-refractivity contribution in [1.29, 1.82) is 0 Å². The first-order valence-corrected chi connectivity index (χ1v) is 5.33. The second-order valence-electron chi connectivity index (χ2n) is 3.78. The van der Waals surface area contributed by atoms with Gasteiger partial charge >= 0.3 is 0 Å². The van der Waals surface area contributed by atoms with Crippen molar-refractivity contribution in [2.24, 2.45) is 5.73 Å². The van der Waals surface area contributed by atoms with Crippen molar-refractivity contribution >= 4 is 0 Å². The molecule has 0 saturated carbocycles. The molecule has 0 heterocycles. The third kappa shape index (κ3) is 2.30. The van der Waals surface area contributed by atoms with Gasteiger partial charge in [-0.15, -0.1) is 0 Å². The van der Waals surface area contributed by atoms with Gasteiger partial charge in [-0.3, -0.25) is 0 Å². The first-order valence-electron chi connectivity index (χ1n) is 5.33. The van der Waals surface area contributed by atoms with Gasteiger partial charge in [-0.1, -0.05) is 54.6 Å². The second kappa shape index (κ2) is 4.92. The zero-order valence-electron chi connectivity index (χ0n) is 9.01. The van der Waals surface area contributed by atoms with Crippen LogP contribution in [0.5, 0.6) is 0 Å². The number of hydrogen-bond donors (Lipinski definition) is 2. The molecule has 82 valence electrons. The molecule has 16 heavy (non-hydrogen) atoms. The summed E-state index contributed by atoms with van der Waals surface area (Å²) in [5.74, 6) is 0. The van der Waals surface area contributed by atoms with Gasteiger partial charge in [0.1, 0.15) is 0 Å². The van der Waals surface area contributed by atoms with Gasteiger partial charge < -0.3 is 10.8 Å².